The highest BCUT2D eigenvalue weighted by molar-refractivity contribution is 8.18. The standard InChI is InChI=1S/C21H25N3O4S/c1-15-12-17(22-6-2-3-7-22)5-4-16(15)13-18-20(26)24(21(27)29-18)14-19(25)23-8-10-28-11-9-23/h4-5,12-13H,2-3,6-11,14H2,1H3/b18-13-. The molecular weight excluding hydrogens is 390 g/mol. The normalized spacial score (nSPS) is 21.6. The first-order chi connectivity index (χ1) is 14.0. The van der Waals surface area contributed by atoms with Gasteiger partial charge in [0.1, 0.15) is 6.54 Å². The second kappa shape index (κ2) is 8.59. The monoisotopic (exact) mass is 415 g/mol. The van der Waals surface area contributed by atoms with Gasteiger partial charge in [0.05, 0.1) is 18.1 Å². The first-order valence-electron chi connectivity index (χ1n) is 9.99. The molecule has 3 fully saturated rings. The van der Waals surface area contributed by atoms with Gasteiger partial charge < -0.3 is 14.5 Å². The predicted molar refractivity (Wildman–Crippen MR) is 113 cm³/mol. The molecule has 3 aliphatic heterocycles. The molecular formula is C21H25N3O4S. The molecule has 7 nitrogen and oxygen atoms in total. The molecule has 1 aromatic carbocycles. The minimum Gasteiger partial charge on any atom is -0.378 e. The Labute approximate surface area is 174 Å². The molecule has 0 aromatic heterocycles. The highest BCUT2D eigenvalue weighted by atomic mass is 32.2. The molecule has 29 heavy (non-hydrogen) atoms. The molecule has 3 heterocycles. The highest BCUT2D eigenvalue weighted by Gasteiger charge is 2.37. The van der Waals surface area contributed by atoms with Gasteiger partial charge in [-0.3, -0.25) is 19.3 Å². The number of benzene rings is 1. The van der Waals surface area contributed by atoms with Crippen molar-refractivity contribution in [2.45, 2.75) is 19.8 Å². The minimum atomic E-state index is -0.398. The number of carbonyl (C=O) groups is 3. The predicted octanol–water partition coefficient (Wildman–Crippen LogP) is 2.49. The molecule has 0 atom stereocenters. The third-order valence-electron chi connectivity index (χ3n) is 5.54. The van der Waals surface area contributed by atoms with E-state index in [0.29, 0.717) is 31.2 Å². The molecule has 8 heteroatoms. The summed E-state index contributed by atoms with van der Waals surface area (Å²) in [6, 6.07) is 6.19. The van der Waals surface area contributed by atoms with Crippen molar-refractivity contribution in [1.82, 2.24) is 9.80 Å². The fourth-order valence-electron chi connectivity index (χ4n) is 3.82. The van der Waals surface area contributed by atoms with E-state index >= 15 is 0 Å². The lowest BCUT2D eigenvalue weighted by Gasteiger charge is -2.28. The number of imide groups is 1. The van der Waals surface area contributed by atoms with Gasteiger partial charge in [-0.15, -0.1) is 0 Å². The summed E-state index contributed by atoms with van der Waals surface area (Å²) in [5.41, 5.74) is 3.17. The Hall–Kier alpha value is -2.32. The van der Waals surface area contributed by atoms with E-state index in [-0.39, 0.29) is 12.5 Å². The van der Waals surface area contributed by atoms with Crippen LogP contribution in [0.5, 0.6) is 0 Å². The van der Waals surface area contributed by atoms with Gasteiger partial charge in [0.2, 0.25) is 5.91 Å². The van der Waals surface area contributed by atoms with Crippen LogP contribution in [-0.2, 0) is 14.3 Å². The Balaban J connectivity index is 1.46. The van der Waals surface area contributed by atoms with Gasteiger partial charge in [0, 0.05) is 31.9 Å². The number of rotatable bonds is 4. The van der Waals surface area contributed by atoms with Crippen LogP contribution in [0.3, 0.4) is 0 Å². The van der Waals surface area contributed by atoms with E-state index in [1.165, 1.54) is 18.5 Å². The number of anilines is 1. The maximum atomic E-state index is 12.7. The van der Waals surface area contributed by atoms with E-state index in [1.807, 2.05) is 13.0 Å². The summed E-state index contributed by atoms with van der Waals surface area (Å²) < 4.78 is 5.24. The average molecular weight is 416 g/mol. The molecule has 0 bridgehead atoms. The smallest absolute Gasteiger partial charge is 0.294 e. The Morgan fingerprint density at radius 3 is 2.55 bits per heavy atom. The van der Waals surface area contributed by atoms with Crippen LogP contribution >= 0.6 is 11.8 Å². The van der Waals surface area contributed by atoms with Gasteiger partial charge in [0.15, 0.2) is 0 Å². The summed E-state index contributed by atoms with van der Waals surface area (Å²) in [6.07, 6.45) is 4.20. The number of amides is 3. The van der Waals surface area contributed by atoms with Crippen LogP contribution in [0.2, 0.25) is 0 Å². The lowest BCUT2D eigenvalue weighted by atomic mass is 10.1. The Morgan fingerprint density at radius 2 is 1.86 bits per heavy atom. The maximum absolute atomic E-state index is 12.7. The quantitative estimate of drug-likeness (QED) is 0.704. The Bertz CT molecular complexity index is 857. The summed E-state index contributed by atoms with van der Waals surface area (Å²) in [7, 11) is 0. The molecule has 0 unspecified atom stereocenters. The second-order valence-electron chi connectivity index (χ2n) is 7.50. The van der Waals surface area contributed by atoms with Crippen LogP contribution in [0, 0.1) is 6.92 Å². The zero-order valence-electron chi connectivity index (χ0n) is 16.6. The first-order valence-corrected chi connectivity index (χ1v) is 10.8. The summed E-state index contributed by atoms with van der Waals surface area (Å²) in [4.78, 5) is 42.9. The fraction of sp³-hybridized carbons (Fsp3) is 0.476. The van der Waals surface area contributed by atoms with Gasteiger partial charge in [0.25, 0.3) is 11.1 Å². The molecule has 154 valence electrons. The summed E-state index contributed by atoms with van der Waals surface area (Å²) in [5, 5.41) is -0.394. The summed E-state index contributed by atoms with van der Waals surface area (Å²) in [5.74, 6) is -0.618. The number of ether oxygens (including phenoxy) is 1. The van der Waals surface area contributed by atoms with Crippen molar-refractivity contribution < 1.29 is 19.1 Å². The van der Waals surface area contributed by atoms with E-state index in [9.17, 15) is 14.4 Å². The fourth-order valence-corrected chi connectivity index (χ4v) is 4.65. The molecule has 1 aromatic rings. The third kappa shape index (κ3) is 4.33. The van der Waals surface area contributed by atoms with Crippen molar-refractivity contribution in [3.05, 3.63) is 34.2 Å². The second-order valence-corrected chi connectivity index (χ2v) is 8.49. The zero-order valence-corrected chi connectivity index (χ0v) is 17.4. The van der Waals surface area contributed by atoms with Gasteiger partial charge in [-0.1, -0.05) is 6.07 Å². The van der Waals surface area contributed by atoms with Crippen molar-refractivity contribution in [3.8, 4) is 0 Å². The maximum Gasteiger partial charge on any atom is 0.294 e. The number of hydrogen-bond acceptors (Lipinski definition) is 6. The van der Waals surface area contributed by atoms with Crippen molar-refractivity contribution >= 4 is 40.6 Å². The van der Waals surface area contributed by atoms with Crippen LogP contribution in [-0.4, -0.2) is 72.8 Å². The lowest BCUT2D eigenvalue weighted by molar-refractivity contribution is -0.139. The van der Waals surface area contributed by atoms with E-state index in [0.717, 1.165) is 40.9 Å². The topological polar surface area (TPSA) is 70.2 Å². The van der Waals surface area contributed by atoms with Crippen molar-refractivity contribution in [2.24, 2.45) is 0 Å². The first kappa shape index (κ1) is 20.0. The van der Waals surface area contributed by atoms with Crippen LogP contribution < -0.4 is 4.90 Å². The van der Waals surface area contributed by atoms with Crippen LogP contribution in [0.4, 0.5) is 10.5 Å². The molecule has 3 amide bonds. The van der Waals surface area contributed by atoms with Crippen molar-refractivity contribution in [1.29, 1.82) is 0 Å². The van der Waals surface area contributed by atoms with Gasteiger partial charge >= 0.3 is 0 Å². The Morgan fingerprint density at radius 1 is 1.14 bits per heavy atom. The van der Waals surface area contributed by atoms with E-state index in [4.69, 9.17) is 4.74 Å². The summed E-state index contributed by atoms with van der Waals surface area (Å²) in [6.45, 7) is 5.91. The number of carbonyl (C=O) groups excluding carboxylic acids is 3. The molecule has 0 saturated carbocycles. The van der Waals surface area contributed by atoms with Crippen LogP contribution in [0.15, 0.2) is 23.1 Å². The average Bonchev–Trinajstić information content (AvgIpc) is 3.35. The minimum absolute atomic E-state index is 0.213. The molecule has 0 radical (unpaired) electrons. The van der Waals surface area contributed by atoms with E-state index < -0.39 is 11.1 Å². The number of nitrogens with zero attached hydrogens (tertiary/aromatic N) is 3. The SMILES string of the molecule is Cc1cc(N2CCCC2)ccc1/C=C1\SC(=O)N(CC(=O)N2CCOCC2)C1=O. The largest absolute Gasteiger partial charge is 0.378 e. The van der Waals surface area contributed by atoms with E-state index in [1.54, 1.807) is 11.0 Å². The van der Waals surface area contributed by atoms with E-state index in [2.05, 4.69) is 17.0 Å². The van der Waals surface area contributed by atoms with Crippen molar-refractivity contribution in [2.75, 3.05) is 50.8 Å². The van der Waals surface area contributed by atoms with Gasteiger partial charge in [-0.25, -0.2) is 0 Å². The number of thioether (sulfide) groups is 1. The molecule has 0 aliphatic carbocycles. The highest BCUT2D eigenvalue weighted by Crippen LogP contribution is 2.33. The van der Waals surface area contributed by atoms with Crippen molar-refractivity contribution in [3.63, 3.8) is 0 Å². The molecule has 0 N–H and O–H groups in total. The Kier molecular flexibility index (Phi) is 5.91. The molecule has 4 rings (SSSR count). The zero-order chi connectivity index (χ0) is 20.4. The third-order valence-corrected chi connectivity index (χ3v) is 6.45. The molecule has 3 aliphatic rings. The summed E-state index contributed by atoms with van der Waals surface area (Å²) >= 11 is 0.896. The number of hydrogen-bond donors (Lipinski definition) is 0. The lowest BCUT2D eigenvalue weighted by Crippen LogP contribution is -2.46. The number of aryl methyl sites for hydroxylation is 1. The van der Waals surface area contributed by atoms with Gasteiger partial charge in [-0.05, 0) is 60.9 Å². The van der Waals surface area contributed by atoms with Crippen LogP contribution in [0.1, 0.15) is 24.0 Å². The van der Waals surface area contributed by atoms with Gasteiger partial charge in [-0.2, -0.15) is 0 Å². The molecule has 3 saturated heterocycles. The molecule has 0 spiro atoms. The number of morpholine rings is 1. The van der Waals surface area contributed by atoms with Crippen LogP contribution in [0.25, 0.3) is 6.08 Å².